The fourth-order valence-corrected chi connectivity index (χ4v) is 3.40. The summed E-state index contributed by atoms with van der Waals surface area (Å²) in [7, 11) is 0. The third-order valence-electron chi connectivity index (χ3n) is 4.97. The van der Waals surface area contributed by atoms with E-state index in [1.807, 2.05) is 86.9 Å². The number of Topliss-reactive ketones (excluding diaryl/α,β-unsaturated/α-hetero) is 1. The van der Waals surface area contributed by atoms with Crippen LogP contribution in [0.15, 0.2) is 60.7 Å². The summed E-state index contributed by atoms with van der Waals surface area (Å²) in [5, 5.41) is 0. The van der Waals surface area contributed by atoms with Crippen LogP contribution in [0.5, 0.6) is 5.75 Å². The number of rotatable bonds is 8. The van der Waals surface area contributed by atoms with Gasteiger partial charge in [0, 0.05) is 28.7 Å². The third-order valence-corrected chi connectivity index (χ3v) is 4.97. The largest absolute Gasteiger partial charge is 0.494 e. The van der Waals surface area contributed by atoms with Gasteiger partial charge < -0.3 is 14.0 Å². The van der Waals surface area contributed by atoms with Gasteiger partial charge in [-0.25, -0.2) is 4.79 Å². The van der Waals surface area contributed by atoms with Crippen LogP contribution in [0, 0.1) is 20.8 Å². The topological polar surface area (TPSA) is 57.5 Å². The maximum absolute atomic E-state index is 12.7. The Morgan fingerprint density at radius 1 is 0.968 bits per heavy atom. The van der Waals surface area contributed by atoms with Crippen LogP contribution in [-0.4, -0.2) is 29.5 Å². The van der Waals surface area contributed by atoms with Crippen LogP contribution in [0.25, 0.3) is 11.8 Å². The minimum absolute atomic E-state index is 0.234. The standard InChI is InChI=1S/C26H27NO4/c1-5-30-23-13-11-22(12-14-23)27-19(3)16-24(20(27)4)25(28)17-31-26(29)15-10-21-8-6-18(2)7-9-21/h6-16H,5,17H2,1-4H3/b15-10+. The first-order valence-corrected chi connectivity index (χ1v) is 10.3. The second-order valence-electron chi connectivity index (χ2n) is 7.32. The third kappa shape index (κ3) is 5.51. The smallest absolute Gasteiger partial charge is 0.331 e. The van der Waals surface area contributed by atoms with Crippen molar-refractivity contribution in [3.8, 4) is 11.4 Å². The summed E-state index contributed by atoms with van der Waals surface area (Å²) in [6.45, 7) is 8.08. The van der Waals surface area contributed by atoms with Crippen LogP contribution in [-0.2, 0) is 9.53 Å². The molecule has 5 nitrogen and oxygen atoms in total. The van der Waals surface area contributed by atoms with Gasteiger partial charge in [-0.05, 0) is 69.7 Å². The number of carbonyl (C=O) groups is 2. The molecule has 0 aliphatic rings. The average molecular weight is 418 g/mol. The van der Waals surface area contributed by atoms with E-state index in [1.54, 1.807) is 6.08 Å². The van der Waals surface area contributed by atoms with Crippen LogP contribution < -0.4 is 4.74 Å². The normalized spacial score (nSPS) is 11.0. The van der Waals surface area contributed by atoms with Gasteiger partial charge in [-0.2, -0.15) is 0 Å². The van der Waals surface area contributed by atoms with Gasteiger partial charge in [0.25, 0.3) is 0 Å². The van der Waals surface area contributed by atoms with Gasteiger partial charge in [-0.3, -0.25) is 4.79 Å². The second kappa shape index (κ2) is 9.94. The Morgan fingerprint density at radius 3 is 2.29 bits per heavy atom. The second-order valence-corrected chi connectivity index (χ2v) is 7.32. The van der Waals surface area contributed by atoms with Crippen molar-refractivity contribution in [3.63, 3.8) is 0 Å². The van der Waals surface area contributed by atoms with E-state index >= 15 is 0 Å². The van der Waals surface area contributed by atoms with E-state index in [2.05, 4.69) is 0 Å². The molecule has 0 N–H and O–H groups in total. The molecule has 0 atom stereocenters. The number of aryl methyl sites for hydroxylation is 2. The Hall–Kier alpha value is -3.60. The lowest BCUT2D eigenvalue weighted by atomic mass is 10.1. The zero-order valence-electron chi connectivity index (χ0n) is 18.3. The van der Waals surface area contributed by atoms with Crippen molar-refractivity contribution >= 4 is 17.8 Å². The maximum Gasteiger partial charge on any atom is 0.331 e. The highest BCUT2D eigenvalue weighted by molar-refractivity contribution is 6.00. The van der Waals surface area contributed by atoms with Gasteiger partial charge in [0.1, 0.15) is 5.75 Å². The number of benzene rings is 2. The molecule has 0 aliphatic carbocycles. The highest BCUT2D eigenvalue weighted by Gasteiger charge is 2.18. The number of hydrogen-bond donors (Lipinski definition) is 0. The number of nitrogens with zero attached hydrogens (tertiary/aromatic N) is 1. The molecule has 160 valence electrons. The molecular formula is C26H27NO4. The van der Waals surface area contributed by atoms with Crippen LogP contribution >= 0.6 is 0 Å². The summed E-state index contributed by atoms with van der Waals surface area (Å²) in [5.41, 5.74) is 5.26. The Labute approximate surface area is 182 Å². The van der Waals surface area contributed by atoms with Crippen LogP contribution in [0.4, 0.5) is 0 Å². The van der Waals surface area contributed by atoms with E-state index in [1.165, 1.54) is 6.08 Å². The molecule has 1 heterocycles. The summed E-state index contributed by atoms with van der Waals surface area (Å²) in [6, 6.07) is 17.3. The van der Waals surface area contributed by atoms with Crippen LogP contribution in [0.2, 0.25) is 0 Å². The number of carbonyl (C=O) groups excluding carboxylic acids is 2. The molecule has 31 heavy (non-hydrogen) atoms. The predicted molar refractivity (Wildman–Crippen MR) is 122 cm³/mol. The fourth-order valence-electron chi connectivity index (χ4n) is 3.40. The van der Waals surface area contributed by atoms with Gasteiger partial charge in [-0.1, -0.05) is 29.8 Å². The van der Waals surface area contributed by atoms with Crippen LogP contribution in [0.3, 0.4) is 0 Å². The van der Waals surface area contributed by atoms with Gasteiger partial charge >= 0.3 is 5.97 Å². The molecule has 1 aromatic heterocycles. The van der Waals surface area contributed by atoms with E-state index in [-0.39, 0.29) is 12.4 Å². The number of hydrogen-bond acceptors (Lipinski definition) is 4. The fraction of sp³-hybridized carbons (Fsp3) is 0.231. The minimum atomic E-state index is -0.547. The van der Waals surface area contributed by atoms with Crippen molar-refractivity contribution in [1.82, 2.24) is 4.57 Å². The van der Waals surface area contributed by atoms with Crippen molar-refractivity contribution in [1.29, 1.82) is 0 Å². The molecule has 0 fully saturated rings. The van der Waals surface area contributed by atoms with Crippen molar-refractivity contribution in [3.05, 3.63) is 88.8 Å². The number of ketones is 1. The number of ether oxygens (including phenoxy) is 2. The molecule has 0 saturated carbocycles. The lowest BCUT2D eigenvalue weighted by Gasteiger charge is -2.11. The zero-order chi connectivity index (χ0) is 22.4. The minimum Gasteiger partial charge on any atom is -0.494 e. The lowest BCUT2D eigenvalue weighted by Crippen LogP contribution is -2.13. The van der Waals surface area contributed by atoms with Crippen molar-refractivity contribution in [2.75, 3.05) is 13.2 Å². The van der Waals surface area contributed by atoms with Gasteiger partial charge in [0.05, 0.1) is 6.61 Å². The number of esters is 1. The average Bonchev–Trinajstić information content (AvgIpc) is 3.06. The van der Waals surface area contributed by atoms with Gasteiger partial charge in [-0.15, -0.1) is 0 Å². The Kier molecular flexibility index (Phi) is 7.08. The lowest BCUT2D eigenvalue weighted by molar-refractivity contribution is -0.136. The van der Waals surface area contributed by atoms with Gasteiger partial charge in [0.15, 0.2) is 6.61 Å². The monoisotopic (exact) mass is 417 g/mol. The first-order valence-electron chi connectivity index (χ1n) is 10.3. The summed E-state index contributed by atoms with van der Waals surface area (Å²) in [6.07, 6.45) is 3.01. The SMILES string of the molecule is CCOc1ccc(-n2c(C)cc(C(=O)COC(=O)/C=C/c3ccc(C)cc3)c2C)cc1. The molecule has 0 unspecified atom stereocenters. The predicted octanol–water partition coefficient (Wildman–Crippen LogP) is 5.24. The highest BCUT2D eigenvalue weighted by Crippen LogP contribution is 2.23. The highest BCUT2D eigenvalue weighted by atomic mass is 16.5. The molecule has 0 bridgehead atoms. The summed E-state index contributed by atoms with van der Waals surface area (Å²) in [5.74, 6) is 0.0206. The summed E-state index contributed by atoms with van der Waals surface area (Å²) in [4.78, 5) is 24.7. The first-order chi connectivity index (χ1) is 14.9. The van der Waals surface area contributed by atoms with E-state index in [0.717, 1.165) is 34.0 Å². The molecule has 0 amide bonds. The number of aromatic nitrogens is 1. The van der Waals surface area contributed by atoms with E-state index in [9.17, 15) is 9.59 Å². The van der Waals surface area contributed by atoms with Crippen molar-refractivity contribution in [2.45, 2.75) is 27.7 Å². The molecule has 2 aromatic carbocycles. The molecule has 3 aromatic rings. The summed E-state index contributed by atoms with van der Waals surface area (Å²) < 4.78 is 12.6. The Bertz CT molecular complexity index is 1090. The van der Waals surface area contributed by atoms with Crippen LogP contribution in [0.1, 0.15) is 39.8 Å². The maximum atomic E-state index is 12.7. The Balaban J connectivity index is 1.66. The molecule has 0 spiro atoms. The molecule has 3 rings (SSSR count). The molecule has 0 aliphatic heterocycles. The quantitative estimate of drug-likeness (QED) is 0.286. The molecule has 0 saturated heterocycles. The van der Waals surface area contributed by atoms with E-state index in [0.29, 0.717) is 12.2 Å². The first kappa shape index (κ1) is 22.1. The summed E-state index contributed by atoms with van der Waals surface area (Å²) >= 11 is 0. The van der Waals surface area contributed by atoms with Gasteiger partial charge in [0.2, 0.25) is 5.78 Å². The van der Waals surface area contributed by atoms with E-state index in [4.69, 9.17) is 9.47 Å². The zero-order valence-corrected chi connectivity index (χ0v) is 18.3. The molecular weight excluding hydrogens is 390 g/mol. The van der Waals surface area contributed by atoms with Crippen molar-refractivity contribution in [2.24, 2.45) is 0 Å². The molecule has 0 radical (unpaired) electrons. The van der Waals surface area contributed by atoms with E-state index < -0.39 is 5.97 Å². The molecule has 5 heteroatoms. The Morgan fingerprint density at radius 2 is 1.65 bits per heavy atom. The van der Waals surface area contributed by atoms with Crippen molar-refractivity contribution < 1.29 is 19.1 Å².